The maximum absolute atomic E-state index is 12.0. The number of hydrogen-bond donors (Lipinski definition) is 1. The van der Waals surface area contributed by atoms with Gasteiger partial charge in [-0.1, -0.05) is 48.2 Å². The molecule has 0 saturated heterocycles. The molecule has 0 aliphatic carbocycles. The van der Waals surface area contributed by atoms with Crippen molar-refractivity contribution >= 4 is 16.9 Å². The van der Waals surface area contributed by atoms with Gasteiger partial charge in [-0.2, -0.15) is 0 Å². The van der Waals surface area contributed by atoms with Crippen LogP contribution in [0.5, 0.6) is 5.75 Å². The number of aryl methyl sites for hydroxylation is 1. The molecule has 0 bridgehead atoms. The van der Waals surface area contributed by atoms with Crippen LogP contribution in [-0.4, -0.2) is 19.1 Å². The zero-order valence-corrected chi connectivity index (χ0v) is 13.3. The molecule has 3 rings (SSSR count). The van der Waals surface area contributed by atoms with E-state index in [9.17, 15) is 4.79 Å². The Balaban J connectivity index is 1.48. The topological polar surface area (TPSA) is 51.5 Å². The molecule has 120 valence electrons. The molecule has 24 heavy (non-hydrogen) atoms. The fourth-order valence-corrected chi connectivity index (χ4v) is 2.25. The summed E-state index contributed by atoms with van der Waals surface area (Å²) in [7, 11) is 0. The van der Waals surface area contributed by atoms with Gasteiger partial charge in [-0.05, 0) is 30.7 Å². The molecule has 1 N–H and O–H groups in total. The maximum atomic E-state index is 12.0. The smallest absolute Gasteiger partial charge is 0.287 e. The number of carbonyl (C=O) groups excluding carboxylic acids is 1. The Morgan fingerprint density at radius 2 is 1.92 bits per heavy atom. The summed E-state index contributed by atoms with van der Waals surface area (Å²) in [6.07, 6.45) is 0. The normalized spacial score (nSPS) is 10.0. The van der Waals surface area contributed by atoms with Crippen molar-refractivity contribution in [1.82, 2.24) is 5.32 Å². The highest BCUT2D eigenvalue weighted by atomic mass is 16.5. The van der Waals surface area contributed by atoms with Crippen LogP contribution < -0.4 is 10.1 Å². The van der Waals surface area contributed by atoms with Gasteiger partial charge in [0, 0.05) is 5.39 Å². The molecule has 0 atom stereocenters. The highest BCUT2D eigenvalue weighted by Gasteiger charge is 2.10. The fourth-order valence-electron chi connectivity index (χ4n) is 2.25. The Kier molecular flexibility index (Phi) is 4.83. The summed E-state index contributed by atoms with van der Waals surface area (Å²) < 4.78 is 11.1. The molecule has 2 aromatic carbocycles. The van der Waals surface area contributed by atoms with Crippen LogP contribution in [0.25, 0.3) is 11.0 Å². The number of para-hydroxylation sites is 2. The van der Waals surface area contributed by atoms with E-state index in [2.05, 4.69) is 17.2 Å². The van der Waals surface area contributed by atoms with Crippen molar-refractivity contribution in [2.24, 2.45) is 0 Å². The SMILES string of the molecule is Cc1ccccc1OCC#CCNC(=O)c1cc2ccccc2o1. The number of carbonyl (C=O) groups is 1. The predicted molar refractivity (Wildman–Crippen MR) is 93.0 cm³/mol. The van der Waals surface area contributed by atoms with Crippen molar-refractivity contribution in [3.05, 3.63) is 65.9 Å². The van der Waals surface area contributed by atoms with Gasteiger partial charge in [0.15, 0.2) is 5.76 Å². The Bertz CT molecular complexity index is 882. The van der Waals surface area contributed by atoms with Gasteiger partial charge in [-0.15, -0.1) is 0 Å². The molecule has 4 nitrogen and oxygen atoms in total. The molecule has 1 heterocycles. The van der Waals surface area contributed by atoms with E-state index in [4.69, 9.17) is 9.15 Å². The van der Waals surface area contributed by atoms with E-state index in [0.717, 1.165) is 16.7 Å². The van der Waals surface area contributed by atoms with Crippen molar-refractivity contribution in [3.8, 4) is 17.6 Å². The zero-order chi connectivity index (χ0) is 16.8. The van der Waals surface area contributed by atoms with E-state index >= 15 is 0 Å². The van der Waals surface area contributed by atoms with Crippen molar-refractivity contribution in [1.29, 1.82) is 0 Å². The quantitative estimate of drug-likeness (QED) is 0.748. The first-order valence-electron chi connectivity index (χ1n) is 7.65. The van der Waals surface area contributed by atoms with Crippen LogP contribution in [0, 0.1) is 18.8 Å². The molecule has 0 spiro atoms. The molecule has 1 aromatic heterocycles. The molecule has 0 aliphatic rings. The van der Waals surface area contributed by atoms with Crippen LogP contribution in [0.4, 0.5) is 0 Å². The van der Waals surface area contributed by atoms with E-state index in [1.807, 2.05) is 55.5 Å². The summed E-state index contributed by atoms with van der Waals surface area (Å²) in [5.41, 5.74) is 1.76. The molecule has 0 saturated carbocycles. The lowest BCUT2D eigenvalue weighted by Crippen LogP contribution is -2.23. The second kappa shape index (κ2) is 7.38. The Labute approximate surface area is 140 Å². The van der Waals surface area contributed by atoms with Crippen molar-refractivity contribution < 1.29 is 13.9 Å². The molecule has 0 fully saturated rings. The molecule has 1 amide bonds. The average molecular weight is 319 g/mol. The molecule has 0 unspecified atom stereocenters. The lowest BCUT2D eigenvalue weighted by Gasteiger charge is -2.04. The minimum Gasteiger partial charge on any atom is -0.481 e. The second-order valence-electron chi connectivity index (χ2n) is 5.24. The number of amides is 1. The van der Waals surface area contributed by atoms with E-state index in [1.54, 1.807) is 6.07 Å². The number of fused-ring (bicyclic) bond motifs is 1. The first-order chi connectivity index (χ1) is 11.7. The van der Waals surface area contributed by atoms with Gasteiger partial charge in [-0.3, -0.25) is 4.79 Å². The van der Waals surface area contributed by atoms with Crippen LogP contribution in [0.1, 0.15) is 16.1 Å². The van der Waals surface area contributed by atoms with Crippen LogP contribution >= 0.6 is 0 Å². The molecular formula is C20H17NO3. The van der Waals surface area contributed by atoms with Gasteiger partial charge in [-0.25, -0.2) is 0 Å². The summed E-state index contributed by atoms with van der Waals surface area (Å²) in [5.74, 6) is 6.56. The number of nitrogens with one attached hydrogen (secondary N) is 1. The summed E-state index contributed by atoms with van der Waals surface area (Å²) in [6, 6.07) is 17.0. The predicted octanol–water partition coefficient (Wildman–Crippen LogP) is 3.55. The van der Waals surface area contributed by atoms with Crippen molar-refractivity contribution in [3.63, 3.8) is 0 Å². The fraction of sp³-hybridized carbons (Fsp3) is 0.150. The van der Waals surface area contributed by atoms with Crippen LogP contribution in [-0.2, 0) is 0 Å². The summed E-state index contributed by atoms with van der Waals surface area (Å²) in [4.78, 5) is 12.0. The Hall–Kier alpha value is -3.19. The highest BCUT2D eigenvalue weighted by molar-refractivity contribution is 5.96. The van der Waals surface area contributed by atoms with Gasteiger partial charge in [0.25, 0.3) is 5.91 Å². The lowest BCUT2D eigenvalue weighted by atomic mass is 10.2. The molecule has 0 aliphatic heterocycles. The highest BCUT2D eigenvalue weighted by Crippen LogP contribution is 2.18. The number of furan rings is 1. The molecule has 3 aromatic rings. The van der Waals surface area contributed by atoms with Gasteiger partial charge in [0.2, 0.25) is 0 Å². The van der Waals surface area contributed by atoms with Gasteiger partial charge >= 0.3 is 0 Å². The van der Waals surface area contributed by atoms with Crippen molar-refractivity contribution in [2.45, 2.75) is 6.92 Å². The van der Waals surface area contributed by atoms with E-state index in [1.165, 1.54) is 0 Å². The van der Waals surface area contributed by atoms with E-state index in [0.29, 0.717) is 5.58 Å². The Morgan fingerprint density at radius 1 is 1.12 bits per heavy atom. The molecule has 4 heteroatoms. The number of rotatable bonds is 4. The Morgan fingerprint density at radius 3 is 2.75 bits per heavy atom. The van der Waals surface area contributed by atoms with E-state index in [-0.39, 0.29) is 24.8 Å². The average Bonchev–Trinajstić information content (AvgIpc) is 3.03. The third-order valence-corrected chi connectivity index (χ3v) is 3.51. The largest absolute Gasteiger partial charge is 0.481 e. The van der Waals surface area contributed by atoms with E-state index < -0.39 is 0 Å². The maximum Gasteiger partial charge on any atom is 0.287 e. The van der Waals surface area contributed by atoms with Crippen LogP contribution in [0.15, 0.2) is 59.0 Å². The van der Waals surface area contributed by atoms with Gasteiger partial charge in [0.05, 0.1) is 6.54 Å². The summed E-state index contributed by atoms with van der Waals surface area (Å²) in [5, 5.41) is 3.61. The zero-order valence-electron chi connectivity index (χ0n) is 13.3. The van der Waals surface area contributed by atoms with Gasteiger partial charge in [0.1, 0.15) is 17.9 Å². The number of benzene rings is 2. The monoisotopic (exact) mass is 319 g/mol. The van der Waals surface area contributed by atoms with Crippen molar-refractivity contribution in [2.75, 3.05) is 13.2 Å². The lowest BCUT2D eigenvalue weighted by molar-refractivity contribution is 0.0933. The summed E-state index contributed by atoms with van der Waals surface area (Å²) in [6.45, 7) is 2.51. The number of hydrogen-bond acceptors (Lipinski definition) is 3. The first-order valence-corrected chi connectivity index (χ1v) is 7.65. The number of ether oxygens (including phenoxy) is 1. The second-order valence-corrected chi connectivity index (χ2v) is 5.24. The molecular weight excluding hydrogens is 302 g/mol. The third-order valence-electron chi connectivity index (χ3n) is 3.51. The van der Waals surface area contributed by atoms with Crippen LogP contribution in [0.3, 0.4) is 0 Å². The minimum absolute atomic E-state index is 0.243. The first kappa shape index (κ1) is 15.7. The standard InChI is InChI=1S/C20H17NO3/c1-15-8-2-4-10-17(15)23-13-7-6-12-21-20(22)19-14-16-9-3-5-11-18(16)24-19/h2-5,8-11,14H,12-13H2,1H3,(H,21,22). The molecule has 0 radical (unpaired) electrons. The minimum atomic E-state index is -0.277. The third kappa shape index (κ3) is 3.76. The van der Waals surface area contributed by atoms with Crippen LogP contribution in [0.2, 0.25) is 0 Å². The van der Waals surface area contributed by atoms with Gasteiger partial charge < -0.3 is 14.5 Å². The summed E-state index contributed by atoms with van der Waals surface area (Å²) >= 11 is 0.